The van der Waals surface area contributed by atoms with E-state index in [0.29, 0.717) is 0 Å². The normalized spacial score (nSPS) is 11.6. The monoisotopic (exact) mass is 304 g/mol. The Morgan fingerprint density at radius 3 is 2.48 bits per heavy atom. The average molecular weight is 304 g/mol. The maximum Gasteiger partial charge on any atom is 0.240 e. The zero-order valence-electron chi connectivity index (χ0n) is 12.5. The first-order valence-corrected chi connectivity index (χ1v) is 8.24. The lowest BCUT2D eigenvalue weighted by Crippen LogP contribution is -2.18. The van der Waals surface area contributed by atoms with E-state index >= 15 is 0 Å². The molecular weight excluding hydrogens is 284 g/mol. The van der Waals surface area contributed by atoms with E-state index in [4.69, 9.17) is 0 Å². The fourth-order valence-corrected chi connectivity index (χ4v) is 3.02. The Morgan fingerprint density at radius 2 is 1.81 bits per heavy atom. The van der Waals surface area contributed by atoms with Crippen LogP contribution in [0.3, 0.4) is 0 Å². The first-order chi connectivity index (χ1) is 9.97. The van der Waals surface area contributed by atoms with Gasteiger partial charge in [0, 0.05) is 6.54 Å². The summed E-state index contributed by atoms with van der Waals surface area (Å²) in [5, 5.41) is 3.12. The minimum atomic E-state index is -3.42. The van der Waals surface area contributed by atoms with Crippen molar-refractivity contribution in [2.45, 2.75) is 18.4 Å². The molecule has 0 aliphatic heterocycles. The molecule has 0 aliphatic carbocycles. The molecule has 4 nitrogen and oxygen atoms in total. The molecule has 2 N–H and O–H groups in total. The molecule has 0 saturated heterocycles. The van der Waals surface area contributed by atoms with E-state index in [-0.39, 0.29) is 4.90 Å². The van der Waals surface area contributed by atoms with Gasteiger partial charge < -0.3 is 5.32 Å². The summed E-state index contributed by atoms with van der Waals surface area (Å²) in [6, 6.07) is 13.2. The van der Waals surface area contributed by atoms with Gasteiger partial charge in [-0.25, -0.2) is 13.1 Å². The molecule has 0 aliphatic rings. The number of rotatable bonds is 5. The number of hydrogen-bond donors (Lipinski definition) is 2. The van der Waals surface area contributed by atoms with Crippen LogP contribution in [-0.4, -0.2) is 22.5 Å². The van der Waals surface area contributed by atoms with Gasteiger partial charge in [0.15, 0.2) is 0 Å². The molecule has 0 saturated carbocycles. The lowest BCUT2D eigenvalue weighted by Gasteiger charge is -2.11. The van der Waals surface area contributed by atoms with Gasteiger partial charge >= 0.3 is 0 Å². The van der Waals surface area contributed by atoms with Gasteiger partial charge in [0.1, 0.15) is 0 Å². The van der Waals surface area contributed by atoms with E-state index in [1.165, 1.54) is 12.6 Å². The molecule has 21 heavy (non-hydrogen) atoms. The smallest absolute Gasteiger partial charge is 0.240 e. The molecule has 0 heterocycles. The van der Waals surface area contributed by atoms with Crippen molar-refractivity contribution < 1.29 is 8.42 Å². The van der Waals surface area contributed by atoms with E-state index in [0.717, 1.165) is 23.2 Å². The standard InChI is InChI=1S/C16H20N2O2S/c1-12-7-8-13(11-17-2)9-16(12)14-5-4-6-15(10-14)21(19,20)18-3/h4-10,17-18H,11H2,1-3H3. The second-order valence-corrected chi connectivity index (χ2v) is 6.80. The van der Waals surface area contributed by atoms with Crippen molar-refractivity contribution in [1.29, 1.82) is 0 Å². The lowest BCUT2D eigenvalue weighted by molar-refractivity contribution is 0.588. The van der Waals surface area contributed by atoms with E-state index in [9.17, 15) is 8.42 Å². The van der Waals surface area contributed by atoms with Gasteiger partial charge in [0.25, 0.3) is 0 Å². The Kier molecular flexibility index (Phi) is 4.77. The van der Waals surface area contributed by atoms with Crippen LogP contribution in [-0.2, 0) is 16.6 Å². The van der Waals surface area contributed by atoms with Gasteiger partial charge in [0.2, 0.25) is 10.0 Å². The van der Waals surface area contributed by atoms with E-state index in [2.05, 4.69) is 28.2 Å². The van der Waals surface area contributed by atoms with Crippen molar-refractivity contribution >= 4 is 10.0 Å². The Hall–Kier alpha value is -1.69. The van der Waals surface area contributed by atoms with E-state index in [1.54, 1.807) is 18.2 Å². The number of sulfonamides is 1. The largest absolute Gasteiger partial charge is 0.316 e. The Bertz CT molecular complexity index is 740. The van der Waals surface area contributed by atoms with Gasteiger partial charge in [0.05, 0.1) is 4.90 Å². The first-order valence-electron chi connectivity index (χ1n) is 6.76. The summed E-state index contributed by atoms with van der Waals surface area (Å²) in [6.07, 6.45) is 0. The number of aryl methyl sites for hydroxylation is 1. The summed E-state index contributed by atoms with van der Waals surface area (Å²) in [7, 11) is -0.104. The van der Waals surface area contributed by atoms with Crippen molar-refractivity contribution in [3.63, 3.8) is 0 Å². The minimum absolute atomic E-state index is 0.279. The van der Waals surface area contributed by atoms with Crippen LogP contribution in [0, 0.1) is 6.92 Å². The summed E-state index contributed by atoms with van der Waals surface area (Å²) in [4.78, 5) is 0.279. The van der Waals surface area contributed by atoms with E-state index in [1.807, 2.05) is 20.0 Å². The van der Waals surface area contributed by atoms with Crippen LogP contribution in [0.25, 0.3) is 11.1 Å². The lowest BCUT2D eigenvalue weighted by atomic mass is 9.98. The molecule has 0 radical (unpaired) electrons. The molecule has 0 atom stereocenters. The second kappa shape index (κ2) is 6.39. The van der Waals surface area contributed by atoms with Crippen LogP contribution in [0.1, 0.15) is 11.1 Å². The molecule has 2 aromatic carbocycles. The van der Waals surface area contributed by atoms with E-state index < -0.39 is 10.0 Å². The number of nitrogens with one attached hydrogen (secondary N) is 2. The molecule has 0 fully saturated rings. The van der Waals surface area contributed by atoms with Gasteiger partial charge in [-0.1, -0.05) is 24.3 Å². The molecule has 0 amide bonds. The van der Waals surface area contributed by atoms with Crippen LogP contribution < -0.4 is 10.0 Å². The van der Waals surface area contributed by atoms with Crippen molar-refractivity contribution in [3.05, 3.63) is 53.6 Å². The molecule has 2 rings (SSSR count). The Morgan fingerprint density at radius 1 is 1.05 bits per heavy atom. The predicted molar refractivity (Wildman–Crippen MR) is 85.6 cm³/mol. The van der Waals surface area contributed by atoms with Crippen LogP contribution in [0.4, 0.5) is 0 Å². The molecule has 2 aromatic rings. The second-order valence-electron chi connectivity index (χ2n) is 4.91. The van der Waals surface area contributed by atoms with Crippen molar-refractivity contribution in [2.75, 3.05) is 14.1 Å². The highest BCUT2D eigenvalue weighted by Gasteiger charge is 2.12. The predicted octanol–water partition coefficient (Wildman–Crippen LogP) is 2.29. The van der Waals surface area contributed by atoms with Gasteiger partial charge in [-0.2, -0.15) is 0 Å². The number of benzene rings is 2. The summed E-state index contributed by atoms with van der Waals surface area (Å²) < 4.78 is 26.2. The third-order valence-corrected chi connectivity index (χ3v) is 4.82. The van der Waals surface area contributed by atoms with Gasteiger partial charge in [-0.15, -0.1) is 0 Å². The maximum atomic E-state index is 11.9. The highest BCUT2D eigenvalue weighted by atomic mass is 32.2. The summed E-state index contributed by atoms with van der Waals surface area (Å²) in [5.41, 5.74) is 4.24. The Balaban J connectivity index is 2.52. The molecule has 0 unspecified atom stereocenters. The van der Waals surface area contributed by atoms with Crippen LogP contribution in [0.2, 0.25) is 0 Å². The Labute approximate surface area is 126 Å². The van der Waals surface area contributed by atoms with Crippen LogP contribution in [0.15, 0.2) is 47.4 Å². The highest BCUT2D eigenvalue weighted by molar-refractivity contribution is 7.89. The minimum Gasteiger partial charge on any atom is -0.316 e. The summed E-state index contributed by atoms with van der Waals surface area (Å²) >= 11 is 0. The molecule has 0 bridgehead atoms. The first kappa shape index (κ1) is 15.7. The zero-order valence-corrected chi connectivity index (χ0v) is 13.3. The summed E-state index contributed by atoms with van der Waals surface area (Å²) in [6.45, 7) is 2.81. The fourth-order valence-electron chi connectivity index (χ4n) is 2.24. The van der Waals surface area contributed by atoms with Crippen molar-refractivity contribution in [2.24, 2.45) is 0 Å². The maximum absolute atomic E-state index is 11.9. The third-order valence-electron chi connectivity index (χ3n) is 3.41. The SMILES string of the molecule is CNCc1ccc(C)c(-c2cccc(S(=O)(=O)NC)c2)c1. The fraction of sp³-hybridized carbons (Fsp3) is 0.250. The quantitative estimate of drug-likeness (QED) is 0.891. The van der Waals surface area contributed by atoms with Crippen LogP contribution in [0.5, 0.6) is 0 Å². The van der Waals surface area contributed by atoms with Crippen molar-refractivity contribution in [3.8, 4) is 11.1 Å². The summed E-state index contributed by atoms with van der Waals surface area (Å²) in [5.74, 6) is 0. The molecule has 0 spiro atoms. The number of hydrogen-bond acceptors (Lipinski definition) is 3. The zero-order chi connectivity index (χ0) is 15.5. The van der Waals surface area contributed by atoms with Crippen LogP contribution >= 0.6 is 0 Å². The third kappa shape index (κ3) is 3.50. The van der Waals surface area contributed by atoms with Crippen molar-refractivity contribution in [1.82, 2.24) is 10.0 Å². The molecule has 112 valence electrons. The topological polar surface area (TPSA) is 58.2 Å². The molecule has 0 aromatic heterocycles. The highest BCUT2D eigenvalue weighted by Crippen LogP contribution is 2.26. The molecular formula is C16H20N2O2S. The average Bonchev–Trinajstić information content (AvgIpc) is 2.49. The van der Waals surface area contributed by atoms with Gasteiger partial charge in [-0.05, 0) is 61.5 Å². The van der Waals surface area contributed by atoms with Gasteiger partial charge in [-0.3, -0.25) is 0 Å². The molecule has 5 heteroatoms.